The van der Waals surface area contributed by atoms with E-state index in [9.17, 15) is 44.1 Å². The first-order chi connectivity index (χ1) is 18.8. The second-order valence-corrected chi connectivity index (χ2v) is 8.89. The van der Waals surface area contributed by atoms with E-state index in [1.165, 1.54) is 0 Å². The van der Waals surface area contributed by atoms with Gasteiger partial charge in [-0.2, -0.15) is 12.6 Å². The molecule has 222 valence electrons. The molecule has 0 aliphatic heterocycles. The highest BCUT2D eigenvalue weighted by molar-refractivity contribution is 7.80. The van der Waals surface area contributed by atoms with E-state index in [0.717, 1.165) is 12.1 Å². The van der Waals surface area contributed by atoms with Gasteiger partial charge in [0.15, 0.2) is 17.2 Å². The Morgan fingerprint density at radius 1 is 0.775 bits per heavy atom. The highest BCUT2D eigenvalue weighted by Gasteiger charge is 2.30. The van der Waals surface area contributed by atoms with E-state index < -0.39 is 90.3 Å². The van der Waals surface area contributed by atoms with Gasteiger partial charge in [0.2, 0.25) is 17.7 Å². The fraction of sp³-hybridized carbons (Fsp3) is 0.478. The molecule has 0 aromatic heterocycles. The van der Waals surface area contributed by atoms with E-state index in [4.69, 9.17) is 15.9 Å². The number of carbonyl (C=O) groups excluding carboxylic acids is 4. The number of nitrogens with one attached hydrogen (secondary N) is 4. The number of thiol groups is 1. The number of hydrogen-bond donors (Lipinski definition) is 11. The van der Waals surface area contributed by atoms with Gasteiger partial charge in [-0.3, -0.25) is 28.8 Å². The van der Waals surface area contributed by atoms with E-state index in [1.54, 1.807) is 0 Å². The minimum Gasteiger partial charge on any atom is -0.504 e. The Bertz CT molecular complexity index is 1080. The maximum atomic E-state index is 13.1. The number of carboxylic acids is 2. The summed E-state index contributed by atoms with van der Waals surface area (Å²) in [5.74, 6) is -8.92. The van der Waals surface area contributed by atoms with Crippen LogP contribution in [-0.2, 0) is 24.0 Å². The first-order valence-electron chi connectivity index (χ1n) is 12.0. The van der Waals surface area contributed by atoms with Crippen LogP contribution in [0.4, 0.5) is 0 Å². The Hall–Kier alpha value is -4.25. The normalized spacial score (nSPS) is 12.8. The summed E-state index contributed by atoms with van der Waals surface area (Å²) in [4.78, 5) is 72.8. The maximum absolute atomic E-state index is 13.1. The second kappa shape index (κ2) is 16.7. The van der Waals surface area contributed by atoms with Crippen molar-refractivity contribution in [2.75, 3.05) is 18.8 Å². The molecule has 1 aromatic carbocycles. The average Bonchev–Trinajstić information content (AvgIpc) is 2.89. The Morgan fingerprint density at radius 2 is 1.32 bits per heavy atom. The molecule has 17 heteroatoms. The number of benzene rings is 1. The van der Waals surface area contributed by atoms with Crippen LogP contribution in [0.15, 0.2) is 12.1 Å². The van der Waals surface area contributed by atoms with Crippen LogP contribution >= 0.6 is 12.6 Å². The highest BCUT2D eigenvalue weighted by atomic mass is 32.1. The SMILES string of the molecule is NCCCC[C@H](NC(=O)c1cc(O)c(O)c(O)c1)C(=O)N[C@@H](CCC(=O)O)C(=O)N[C@@H](CS)C(=O)NCC(=O)O. The third-order valence-electron chi connectivity index (χ3n) is 5.41. The van der Waals surface area contributed by atoms with Crippen molar-refractivity contribution in [1.29, 1.82) is 0 Å². The van der Waals surface area contributed by atoms with Crippen molar-refractivity contribution in [3.63, 3.8) is 0 Å². The van der Waals surface area contributed by atoms with Crippen molar-refractivity contribution in [3.8, 4) is 17.2 Å². The van der Waals surface area contributed by atoms with Gasteiger partial charge in [0.1, 0.15) is 24.7 Å². The minimum absolute atomic E-state index is 0.0367. The lowest BCUT2D eigenvalue weighted by Gasteiger charge is -2.25. The van der Waals surface area contributed by atoms with Crippen molar-refractivity contribution >= 4 is 48.2 Å². The third-order valence-corrected chi connectivity index (χ3v) is 5.78. The van der Waals surface area contributed by atoms with Crippen molar-refractivity contribution in [1.82, 2.24) is 21.3 Å². The number of hydrogen-bond acceptors (Lipinski definition) is 11. The zero-order chi connectivity index (χ0) is 30.4. The molecule has 0 spiro atoms. The average molecular weight is 588 g/mol. The quantitative estimate of drug-likeness (QED) is 0.0536. The Morgan fingerprint density at radius 3 is 1.82 bits per heavy atom. The van der Waals surface area contributed by atoms with Crippen LogP contribution < -0.4 is 27.0 Å². The lowest BCUT2D eigenvalue weighted by atomic mass is 10.0. The van der Waals surface area contributed by atoms with Crippen LogP contribution in [0.2, 0.25) is 0 Å². The molecule has 40 heavy (non-hydrogen) atoms. The van der Waals surface area contributed by atoms with Crippen molar-refractivity contribution < 1.29 is 54.3 Å². The van der Waals surface area contributed by atoms with Crippen LogP contribution in [0, 0.1) is 0 Å². The van der Waals surface area contributed by atoms with Gasteiger partial charge in [-0.25, -0.2) is 0 Å². The summed E-state index contributed by atoms with van der Waals surface area (Å²) in [6.07, 6.45) is -0.0801. The van der Waals surface area contributed by atoms with E-state index in [1.807, 2.05) is 0 Å². The molecule has 1 rings (SSSR count). The number of carbonyl (C=O) groups is 6. The van der Waals surface area contributed by atoms with Crippen molar-refractivity contribution in [2.45, 2.75) is 50.2 Å². The molecule has 0 radical (unpaired) electrons. The number of phenols is 3. The van der Waals surface area contributed by atoms with Crippen LogP contribution in [0.25, 0.3) is 0 Å². The van der Waals surface area contributed by atoms with Gasteiger partial charge in [0, 0.05) is 17.7 Å². The minimum atomic E-state index is -1.48. The van der Waals surface area contributed by atoms with Crippen LogP contribution in [0.1, 0.15) is 42.5 Å². The summed E-state index contributed by atoms with van der Waals surface area (Å²) < 4.78 is 0. The molecule has 0 unspecified atom stereocenters. The molecule has 0 fully saturated rings. The van der Waals surface area contributed by atoms with E-state index >= 15 is 0 Å². The van der Waals surface area contributed by atoms with Gasteiger partial charge in [0.05, 0.1) is 0 Å². The number of phenolic OH excluding ortho intramolecular Hbond substituents is 3. The molecule has 16 nitrogen and oxygen atoms in total. The van der Waals surface area contributed by atoms with E-state index in [0.29, 0.717) is 12.8 Å². The number of aromatic hydroxyl groups is 3. The number of rotatable bonds is 17. The summed E-state index contributed by atoms with van der Waals surface area (Å²) >= 11 is 3.96. The number of carboxylic acid groups (broad SMARTS) is 2. The first-order valence-corrected chi connectivity index (χ1v) is 12.6. The molecule has 0 saturated carbocycles. The fourth-order valence-electron chi connectivity index (χ4n) is 3.30. The smallest absolute Gasteiger partial charge is 0.322 e. The largest absolute Gasteiger partial charge is 0.504 e. The van der Waals surface area contributed by atoms with E-state index in [-0.39, 0.29) is 24.3 Å². The van der Waals surface area contributed by atoms with Gasteiger partial charge in [-0.1, -0.05) is 0 Å². The monoisotopic (exact) mass is 587 g/mol. The van der Waals surface area contributed by atoms with Crippen LogP contribution in [0.3, 0.4) is 0 Å². The second-order valence-electron chi connectivity index (χ2n) is 8.52. The predicted octanol–water partition coefficient (Wildman–Crippen LogP) is -2.00. The number of aliphatic carboxylic acids is 2. The summed E-state index contributed by atoms with van der Waals surface area (Å²) in [6.45, 7) is -0.445. The van der Waals surface area contributed by atoms with Gasteiger partial charge >= 0.3 is 11.9 Å². The molecule has 11 N–H and O–H groups in total. The topological polar surface area (TPSA) is 278 Å². The summed E-state index contributed by atoms with van der Waals surface area (Å²) in [7, 11) is 0. The highest BCUT2D eigenvalue weighted by Crippen LogP contribution is 2.35. The standard InChI is InChI=1S/C23H33N5O11S/c24-6-2-1-3-12(26-20(36)11-7-15(29)19(35)16(30)8-11)22(38)27-13(4-5-17(31)32)23(39)28-14(10-40)21(37)25-9-18(33)34/h7-8,12-14,29-30,35,40H,1-6,9-10,24H2,(H,25,37)(H,26,36)(H,27,38)(H,28,39)(H,31,32)(H,33,34)/t12-,13-,14-/m0/s1. The molecule has 0 aliphatic rings. The molecule has 4 amide bonds. The molecule has 0 saturated heterocycles. The zero-order valence-corrected chi connectivity index (χ0v) is 22.1. The fourth-order valence-corrected chi connectivity index (χ4v) is 3.56. The molecule has 1 aromatic rings. The Kier molecular flexibility index (Phi) is 14.1. The molecular weight excluding hydrogens is 554 g/mol. The molecule has 0 bridgehead atoms. The maximum Gasteiger partial charge on any atom is 0.322 e. The van der Waals surface area contributed by atoms with Crippen molar-refractivity contribution in [3.05, 3.63) is 17.7 Å². The number of nitrogens with two attached hydrogens (primary N) is 1. The third kappa shape index (κ3) is 11.2. The molecule has 0 heterocycles. The predicted molar refractivity (Wildman–Crippen MR) is 141 cm³/mol. The van der Waals surface area contributed by atoms with Gasteiger partial charge in [-0.15, -0.1) is 0 Å². The number of unbranched alkanes of at least 4 members (excludes halogenated alkanes) is 1. The van der Waals surface area contributed by atoms with E-state index in [2.05, 4.69) is 33.9 Å². The summed E-state index contributed by atoms with van der Waals surface area (Å²) in [5.41, 5.74) is 5.20. The lowest BCUT2D eigenvalue weighted by Crippen LogP contribution is -2.57. The lowest BCUT2D eigenvalue weighted by molar-refractivity contribution is -0.138. The zero-order valence-electron chi connectivity index (χ0n) is 21.3. The molecular formula is C23H33N5O11S. The van der Waals surface area contributed by atoms with Gasteiger partial charge in [-0.05, 0) is 44.4 Å². The van der Waals surface area contributed by atoms with Gasteiger partial charge in [0.25, 0.3) is 5.91 Å². The Labute approximate surface area is 233 Å². The van der Waals surface area contributed by atoms with Gasteiger partial charge < -0.3 is 52.5 Å². The summed E-state index contributed by atoms with van der Waals surface area (Å²) in [5, 5.41) is 55.8. The van der Waals surface area contributed by atoms with Crippen LogP contribution in [-0.4, -0.2) is 98.1 Å². The van der Waals surface area contributed by atoms with Crippen LogP contribution in [0.5, 0.6) is 17.2 Å². The Balaban J connectivity index is 3.11. The molecule has 0 aliphatic carbocycles. The molecule has 3 atom stereocenters. The summed E-state index contributed by atoms with van der Waals surface area (Å²) in [6, 6.07) is -2.36. The number of amides is 4. The first kappa shape index (κ1) is 33.8. The van der Waals surface area contributed by atoms with Crippen molar-refractivity contribution in [2.24, 2.45) is 5.73 Å².